The fourth-order valence-corrected chi connectivity index (χ4v) is 1.75. The zero-order chi connectivity index (χ0) is 12.4. The summed E-state index contributed by atoms with van der Waals surface area (Å²) in [5, 5.41) is 10.2. The minimum atomic E-state index is -0.812. The van der Waals surface area contributed by atoms with Gasteiger partial charge in [-0.3, -0.25) is 4.98 Å². The molecule has 0 bridgehead atoms. The molecule has 1 N–H and O–H groups in total. The monoisotopic (exact) mass is 231 g/mol. The second-order valence-corrected chi connectivity index (χ2v) is 4.14. The average molecular weight is 231 g/mol. The van der Waals surface area contributed by atoms with E-state index in [1.54, 1.807) is 37.5 Å². The largest absolute Gasteiger partial charge is 0.384 e. The third kappa shape index (κ3) is 2.34. The lowest BCUT2D eigenvalue weighted by molar-refractivity contribution is 0.219. The zero-order valence-corrected chi connectivity index (χ0v) is 9.81. The molecule has 0 fully saturated rings. The average Bonchev–Trinajstić information content (AvgIpc) is 2.32. The van der Waals surface area contributed by atoms with Gasteiger partial charge in [0.2, 0.25) is 0 Å². The molecular weight excluding hydrogens is 217 g/mol. The number of nitrogens with zero attached hydrogens (tertiary/aromatic N) is 1. The molecule has 1 atom stereocenters. The van der Waals surface area contributed by atoms with E-state index in [0.29, 0.717) is 11.1 Å². The second kappa shape index (κ2) is 4.63. The van der Waals surface area contributed by atoms with Crippen molar-refractivity contribution in [2.24, 2.45) is 0 Å². The van der Waals surface area contributed by atoms with E-state index in [0.717, 1.165) is 11.1 Å². The van der Waals surface area contributed by atoms with Crippen molar-refractivity contribution in [3.8, 4) is 0 Å². The van der Waals surface area contributed by atoms with Crippen LogP contribution in [0.4, 0.5) is 4.39 Å². The van der Waals surface area contributed by atoms with Gasteiger partial charge >= 0.3 is 0 Å². The molecule has 1 heterocycles. The van der Waals surface area contributed by atoms with Crippen molar-refractivity contribution < 1.29 is 9.50 Å². The molecule has 0 radical (unpaired) electrons. The Bertz CT molecular complexity index is 539. The number of aliphatic hydroxyl groups excluding tert-OH is 1. The normalized spacial score (nSPS) is 12.5. The Kier molecular flexibility index (Phi) is 3.20. The molecule has 1 unspecified atom stereocenters. The van der Waals surface area contributed by atoms with E-state index in [1.165, 1.54) is 6.07 Å². The summed E-state index contributed by atoms with van der Waals surface area (Å²) in [7, 11) is 0. The van der Waals surface area contributed by atoms with Gasteiger partial charge in [-0.15, -0.1) is 0 Å². The molecule has 0 spiro atoms. The highest BCUT2D eigenvalue weighted by Gasteiger charge is 2.13. The van der Waals surface area contributed by atoms with Gasteiger partial charge in [0.1, 0.15) is 11.9 Å². The predicted molar refractivity (Wildman–Crippen MR) is 64.2 cm³/mol. The van der Waals surface area contributed by atoms with E-state index in [2.05, 4.69) is 4.98 Å². The lowest BCUT2D eigenvalue weighted by atomic mass is 9.98. The Morgan fingerprint density at radius 1 is 1.18 bits per heavy atom. The molecule has 3 heteroatoms. The Morgan fingerprint density at radius 2 is 1.94 bits per heavy atom. The first kappa shape index (κ1) is 11.7. The van der Waals surface area contributed by atoms with Crippen LogP contribution in [-0.2, 0) is 0 Å². The smallest absolute Gasteiger partial charge is 0.126 e. The van der Waals surface area contributed by atoms with Gasteiger partial charge < -0.3 is 5.11 Å². The van der Waals surface area contributed by atoms with Crippen LogP contribution in [0.3, 0.4) is 0 Å². The third-order valence-electron chi connectivity index (χ3n) is 2.87. The van der Waals surface area contributed by atoms with Crippen molar-refractivity contribution in [2.75, 3.05) is 0 Å². The van der Waals surface area contributed by atoms with E-state index in [9.17, 15) is 9.50 Å². The number of aliphatic hydroxyl groups is 1. The number of benzene rings is 1. The highest BCUT2D eigenvalue weighted by Crippen LogP contribution is 2.25. The maximum atomic E-state index is 13.4. The summed E-state index contributed by atoms with van der Waals surface area (Å²) in [6.45, 7) is 3.57. The zero-order valence-electron chi connectivity index (χ0n) is 9.81. The fraction of sp³-hybridized carbons (Fsp3) is 0.214. The Balaban J connectivity index is 2.40. The van der Waals surface area contributed by atoms with Gasteiger partial charge in [-0.25, -0.2) is 4.39 Å². The Labute approximate surface area is 99.8 Å². The summed E-state index contributed by atoms with van der Waals surface area (Å²) in [5.41, 5.74) is 2.78. The molecule has 0 aliphatic rings. The van der Waals surface area contributed by atoms with Crippen LogP contribution < -0.4 is 0 Å². The number of rotatable bonds is 2. The summed E-state index contributed by atoms with van der Waals surface area (Å²) in [6.07, 6.45) is 2.49. The first-order valence-corrected chi connectivity index (χ1v) is 5.44. The van der Waals surface area contributed by atoms with Crippen molar-refractivity contribution in [3.63, 3.8) is 0 Å². The van der Waals surface area contributed by atoms with Crippen LogP contribution in [0.15, 0.2) is 36.7 Å². The van der Waals surface area contributed by atoms with Crippen molar-refractivity contribution in [3.05, 3.63) is 64.7 Å². The number of halogens is 1. The molecule has 1 aromatic carbocycles. The number of hydrogen-bond acceptors (Lipinski definition) is 2. The number of hydrogen-bond donors (Lipinski definition) is 1. The van der Waals surface area contributed by atoms with Crippen LogP contribution in [0.1, 0.15) is 28.4 Å². The molecule has 2 rings (SSSR count). The van der Waals surface area contributed by atoms with Gasteiger partial charge in [-0.1, -0.05) is 12.1 Å². The van der Waals surface area contributed by atoms with Crippen LogP contribution in [-0.4, -0.2) is 10.1 Å². The van der Waals surface area contributed by atoms with Gasteiger partial charge in [0.25, 0.3) is 0 Å². The first-order chi connectivity index (χ1) is 8.09. The van der Waals surface area contributed by atoms with E-state index in [-0.39, 0.29) is 5.82 Å². The van der Waals surface area contributed by atoms with Crippen molar-refractivity contribution >= 4 is 0 Å². The van der Waals surface area contributed by atoms with Crippen LogP contribution in [0.5, 0.6) is 0 Å². The quantitative estimate of drug-likeness (QED) is 0.862. The predicted octanol–water partition coefficient (Wildman–Crippen LogP) is 2.92. The minimum absolute atomic E-state index is 0.298. The maximum Gasteiger partial charge on any atom is 0.126 e. The van der Waals surface area contributed by atoms with Crippen molar-refractivity contribution in [1.82, 2.24) is 4.98 Å². The van der Waals surface area contributed by atoms with E-state index >= 15 is 0 Å². The molecule has 0 aliphatic carbocycles. The molecule has 0 saturated carbocycles. The summed E-state index contributed by atoms with van der Waals surface area (Å²) in [6, 6.07) is 6.53. The van der Waals surface area contributed by atoms with E-state index < -0.39 is 6.10 Å². The van der Waals surface area contributed by atoms with Gasteiger partial charge in [0, 0.05) is 12.4 Å². The fourth-order valence-electron chi connectivity index (χ4n) is 1.75. The molecule has 0 aliphatic heterocycles. The lowest BCUT2D eigenvalue weighted by Crippen LogP contribution is -2.03. The standard InChI is InChI=1S/C14H14FNO/c1-9-3-4-11(7-13(9)15)14(17)12-5-6-16-8-10(12)2/h3-8,14,17H,1-2H3. The van der Waals surface area contributed by atoms with E-state index in [1.807, 2.05) is 6.92 Å². The maximum absolute atomic E-state index is 13.4. The van der Waals surface area contributed by atoms with Gasteiger partial charge in [-0.05, 0) is 48.2 Å². The number of pyridine rings is 1. The Morgan fingerprint density at radius 3 is 2.59 bits per heavy atom. The first-order valence-electron chi connectivity index (χ1n) is 5.44. The SMILES string of the molecule is Cc1ccc(C(O)c2ccncc2C)cc1F. The summed E-state index contributed by atoms with van der Waals surface area (Å²) >= 11 is 0. The van der Waals surface area contributed by atoms with E-state index in [4.69, 9.17) is 0 Å². The van der Waals surface area contributed by atoms with Crippen molar-refractivity contribution in [1.29, 1.82) is 0 Å². The highest BCUT2D eigenvalue weighted by molar-refractivity contribution is 5.34. The molecule has 2 nitrogen and oxygen atoms in total. The third-order valence-corrected chi connectivity index (χ3v) is 2.87. The summed E-state index contributed by atoms with van der Waals surface area (Å²) in [5.74, 6) is -0.298. The van der Waals surface area contributed by atoms with Crippen LogP contribution in [0.2, 0.25) is 0 Å². The highest BCUT2D eigenvalue weighted by atomic mass is 19.1. The molecule has 0 saturated heterocycles. The van der Waals surface area contributed by atoms with Crippen LogP contribution >= 0.6 is 0 Å². The van der Waals surface area contributed by atoms with Gasteiger partial charge in [0.15, 0.2) is 0 Å². The van der Waals surface area contributed by atoms with Gasteiger partial charge in [-0.2, -0.15) is 0 Å². The van der Waals surface area contributed by atoms with Crippen LogP contribution in [0, 0.1) is 19.7 Å². The topological polar surface area (TPSA) is 33.1 Å². The molecular formula is C14H14FNO. The second-order valence-electron chi connectivity index (χ2n) is 4.14. The summed E-state index contributed by atoms with van der Waals surface area (Å²) in [4.78, 5) is 3.97. The molecule has 1 aromatic heterocycles. The molecule has 17 heavy (non-hydrogen) atoms. The Hall–Kier alpha value is -1.74. The van der Waals surface area contributed by atoms with Gasteiger partial charge in [0.05, 0.1) is 0 Å². The number of aromatic nitrogens is 1. The van der Waals surface area contributed by atoms with Crippen molar-refractivity contribution in [2.45, 2.75) is 20.0 Å². The lowest BCUT2D eigenvalue weighted by Gasteiger charge is -2.14. The minimum Gasteiger partial charge on any atom is -0.384 e. The number of aryl methyl sites for hydroxylation is 2. The molecule has 88 valence electrons. The van der Waals surface area contributed by atoms with Crippen LogP contribution in [0.25, 0.3) is 0 Å². The molecule has 2 aromatic rings. The molecule has 0 amide bonds. The summed E-state index contributed by atoms with van der Waals surface area (Å²) < 4.78 is 13.4.